The molecule has 0 aliphatic carbocycles. The van der Waals surface area contributed by atoms with Crippen molar-refractivity contribution < 1.29 is 25.8 Å². The maximum Gasteiger partial charge on any atom is 4.00 e. The normalized spacial score (nSPS) is 13.3. The van der Waals surface area contributed by atoms with Crippen molar-refractivity contribution in [3.63, 3.8) is 0 Å². The summed E-state index contributed by atoms with van der Waals surface area (Å²) in [5.41, 5.74) is 17.3. The van der Waals surface area contributed by atoms with Crippen LogP contribution in [0.25, 0.3) is 38.8 Å². The number of aromatic nitrogens is 2. The fraction of sp³-hybridized carbons (Fsp3) is 0.286. The Balaban J connectivity index is 0.00000414. The summed E-state index contributed by atoms with van der Waals surface area (Å²) in [4.78, 5) is 9.79. The van der Waals surface area contributed by atoms with Crippen molar-refractivity contribution in [1.29, 1.82) is 0 Å². The number of anilines is 4. The van der Waals surface area contributed by atoms with Crippen LogP contribution < -0.4 is 14.5 Å². The quantitative estimate of drug-likeness (QED) is 0.128. The number of fused-ring (bicyclic) bond motifs is 4. The van der Waals surface area contributed by atoms with Gasteiger partial charge in [-0.05, 0) is 120 Å². The number of pyridine rings is 1. The van der Waals surface area contributed by atoms with E-state index in [0.717, 1.165) is 61.5 Å². The fourth-order valence-corrected chi connectivity index (χ4v) is 11.7. The smallest absolute Gasteiger partial charge is 0.509 e. The third-order valence-electron chi connectivity index (χ3n) is 16.9. The van der Waals surface area contributed by atoms with Crippen molar-refractivity contribution >= 4 is 44.6 Å². The number of rotatable bonds is 10. The van der Waals surface area contributed by atoms with Gasteiger partial charge in [0.15, 0.2) is 0 Å². The minimum absolute atomic E-state index is 0. The van der Waals surface area contributed by atoms with Gasteiger partial charge in [-0.1, -0.05) is 225 Å². The molecular formula is C77H82N4OPt. The molecule has 426 valence electrons. The van der Waals surface area contributed by atoms with Gasteiger partial charge in [-0.3, -0.25) is 0 Å². The number of ether oxygens (including phenoxy) is 1. The third-order valence-corrected chi connectivity index (χ3v) is 16.9. The molecule has 0 fully saturated rings. The molecule has 0 saturated carbocycles. The predicted molar refractivity (Wildman–Crippen MR) is 348 cm³/mol. The Morgan fingerprint density at radius 3 is 1.51 bits per heavy atom. The van der Waals surface area contributed by atoms with Crippen LogP contribution in [0, 0.1) is 26.2 Å². The van der Waals surface area contributed by atoms with Crippen molar-refractivity contribution in [2.45, 2.75) is 143 Å². The van der Waals surface area contributed by atoms with Gasteiger partial charge in [-0.15, -0.1) is 53.6 Å². The maximum atomic E-state index is 7.11. The van der Waals surface area contributed by atoms with Crippen molar-refractivity contribution in [1.82, 2.24) is 9.55 Å². The van der Waals surface area contributed by atoms with Gasteiger partial charge >= 0.3 is 21.1 Å². The first kappa shape index (κ1) is 60.4. The van der Waals surface area contributed by atoms with Crippen molar-refractivity contribution in [3.05, 3.63) is 253 Å². The van der Waals surface area contributed by atoms with E-state index in [2.05, 4.69) is 320 Å². The van der Waals surface area contributed by atoms with Gasteiger partial charge < -0.3 is 26.5 Å². The van der Waals surface area contributed by atoms with E-state index >= 15 is 0 Å². The van der Waals surface area contributed by atoms with Gasteiger partial charge in [0.05, 0.1) is 0 Å². The molecule has 0 atom stereocenters. The summed E-state index contributed by atoms with van der Waals surface area (Å²) < 4.78 is 9.36. The van der Waals surface area contributed by atoms with Crippen molar-refractivity contribution in [3.8, 4) is 28.4 Å². The summed E-state index contributed by atoms with van der Waals surface area (Å²) in [7, 11) is 0. The Morgan fingerprint density at radius 1 is 0.422 bits per heavy atom. The molecule has 0 spiro atoms. The Kier molecular flexibility index (Phi) is 16.1. The van der Waals surface area contributed by atoms with Gasteiger partial charge in [0.2, 0.25) is 0 Å². The van der Waals surface area contributed by atoms with Gasteiger partial charge in [-0.2, -0.15) is 6.07 Å². The monoisotopic (exact) mass is 1270 g/mol. The van der Waals surface area contributed by atoms with E-state index in [1.165, 1.54) is 44.5 Å². The average molecular weight is 1270 g/mol. The molecule has 5 nitrogen and oxygen atoms in total. The SMILES string of the molecule is CC(C)(C)c1cc(Oc2[c-]c3c(cc2)c2cc(-c4ccccc4)ccc2n3-c2cc(C(C)(C)C)ccn2)[c-]c(N2[CH-]N(c3cc(C(C)(C)c4ccccc4)cc(C(C)(C)c4ccccc4)c3)c3cc(C(C)(C)C)c(C(C)(C)C)cc32)c1.[CH3-].[Pt+4]. The molecule has 0 unspecified atom stereocenters. The summed E-state index contributed by atoms with van der Waals surface area (Å²) in [6.45, 7) is 39.3. The Labute approximate surface area is 511 Å². The zero-order chi connectivity index (χ0) is 57.6. The summed E-state index contributed by atoms with van der Waals surface area (Å²) in [5.74, 6) is 2.05. The second-order valence-electron chi connectivity index (χ2n) is 27.6. The Bertz CT molecular complexity index is 3910. The molecule has 0 bridgehead atoms. The minimum Gasteiger partial charge on any atom is -0.509 e. The average Bonchev–Trinajstić information content (AvgIpc) is 2.04. The van der Waals surface area contributed by atoms with Crippen LogP contribution in [-0.2, 0) is 53.6 Å². The van der Waals surface area contributed by atoms with Gasteiger partial charge in [0.1, 0.15) is 5.82 Å². The molecule has 10 aromatic rings. The van der Waals surface area contributed by atoms with Crippen LogP contribution in [0.5, 0.6) is 11.5 Å². The third kappa shape index (κ3) is 11.6. The van der Waals surface area contributed by atoms with Gasteiger partial charge in [0.25, 0.3) is 0 Å². The van der Waals surface area contributed by atoms with Crippen LogP contribution in [0.2, 0.25) is 0 Å². The molecule has 6 heteroatoms. The largest absolute Gasteiger partial charge is 4.00 e. The standard InChI is InChI=1S/C76H79N4O.CH3.Pt/c1-71(2,3)54-36-37-77-70(44-54)80-66-35-32-51(50-26-20-17-21-27-50)38-63(66)62-34-33-60(46-67(62)80)81-61-43-55(72(4,5)6)40-59(45-61)79-49-78(68-47-64(73(7,8)9)65(48-69(68)79)74(10,11)12)58-41-56(75(13,14)52-28-22-18-23-29-52)39-57(42-58)76(15,16)53-30-24-19-25-31-53;;/h17-44,47-49H,1-16H3;1H3;/q-3;-1;+4. The van der Waals surface area contributed by atoms with E-state index in [-0.39, 0.29) is 61.0 Å². The van der Waals surface area contributed by atoms with Crippen LogP contribution in [0.3, 0.4) is 0 Å². The van der Waals surface area contributed by atoms with Crippen molar-refractivity contribution in [2.75, 3.05) is 9.80 Å². The topological polar surface area (TPSA) is 33.5 Å². The van der Waals surface area contributed by atoms with Crippen LogP contribution in [0.4, 0.5) is 22.7 Å². The molecule has 1 aliphatic rings. The van der Waals surface area contributed by atoms with E-state index < -0.39 is 0 Å². The van der Waals surface area contributed by atoms with Crippen LogP contribution in [-0.4, -0.2) is 9.55 Å². The number of hydrogen-bond donors (Lipinski definition) is 0. The van der Waals surface area contributed by atoms with E-state index in [9.17, 15) is 0 Å². The summed E-state index contributed by atoms with van der Waals surface area (Å²) in [6.07, 6.45) is 1.93. The summed E-state index contributed by atoms with van der Waals surface area (Å²) >= 11 is 0. The first-order chi connectivity index (χ1) is 38.2. The van der Waals surface area contributed by atoms with E-state index in [1.807, 2.05) is 6.20 Å². The van der Waals surface area contributed by atoms with E-state index in [4.69, 9.17) is 9.72 Å². The second-order valence-corrected chi connectivity index (χ2v) is 27.6. The minimum atomic E-state index is -0.304. The van der Waals surface area contributed by atoms with E-state index in [1.54, 1.807) is 0 Å². The summed E-state index contributed by atoms with van der Waals surface area (Å²) in [5, 5.41) is 2.20. The van der Waals surface area contributed by atoms with E-state index in [0.29, 0.717) is 11.5 Å². The molecule has 0 radical (unpaired) electrons. The van der Waals surface area contributed by atoms with Gasteiger partial charge in [0, 0.05) is 51.1 Å². The predicted octanol–water partition coefficient (Wildman–Crippen LogP) is 20.9. The Hall–Kier alpha value is -7.20. The van der Waals surface area contributed by atoms with Crippen LogP contribution in [0.1, 0.15) is 155 Å². The molecule has 11 rings (SSSR count). The molecule has 0 amide bonds. The molecule has 3 heterocycles. The molecule has 8 aromatic carbocycles. The fourth-order valence-electron chi connectivity index (χ4n) is 11.7. The molecule has 1 aliphatic heterocycles. The maximum absolute atomic E-state index is 7.11. The zero-order valence-electron chi connectivity index (χ0n) is 51.9. The van der Waals surface area contributed by atoms with Crippen LogP contribution in [0.15, 0.2) is 182 Å². The van der Waals surface area contributed by atoms with Crippen molar-refractivity contribution in [2.24, 2.45) is 0 Å². The number of hydrogen-bond acceptors (Lipinski definition) is 4. The van der Waals surface area contributed by atoms with Gasteiger partial charge in [-0.25, -0.2) is 4.98 Å². The Morgan fingerprint density at radius 2 is 0.964 bits per heavy atom. The number of nitrogens with zero attached hydrogens (tertiary/aromatic N) is 4. The molecule has 2 aromatic heterocycles. The number of benzene rings is 8. The molecule has 83 heavy (non-hydrogen) atoms. The molecule has 0 N–H and O–H groups in total. The summed E-state index contributed by atoms with van der Waals surface area (Å²) in [6, 6.07) is 72.1. The second kappa shape index (κ2) is 22.1. The first-order valence-electron chi connectivity index (χ1n) is 28.8. The zero-order valence-corrected chi connectivity index (χ0v) is 54.2. The first-order valence-corrected chi connectivity index (χ1v) is 28.8. The van der Waals surface area contributed by atoms with Crippen LogP contribution >= 0.6 is 0 Å². The molecule has 0 saturated heterocycles. The molecular weight excluding hydrogens is 1190 g/mol.